The van der Waals surface area contributed by atoms with Crippen LogP contribution in [-0.4, -0.2) is 24.6 Å². The van der Waals surface area contributed by atoms with Crippen LogP contribution in [0.15, 0.2) is 42.9 Å². The van der Waals surface area contributed by atoms with Crippen molar-refractivity contribution in [2.75, 3.05) is 11.1 Å². The minimum Gasteiger partial charge on any atom is -0.382 e. The standard InChI is InChI=1S/C20H17ClN8/c1-11(26-19-14(8-22)18(23)24-10-25-19)15-9-29-20(16(21)12(2)28-29)27-17(15)13-6-4-3-5-7-13/h3-7,9-11H,1-2H3,(H3,23,24,25,26)/t11-/m0/s1/i2D3. The normalized spacial score (nSPS) is 13.9. The molecule has 0 aliphatic carbocycles. The first-order valence-corrected chi connectivity index (χ1v) is 9.00. The molecule has 0 unspecified atom stereocenters. The number of nitrogen functional groups attached to an aromatic ring is 1. The highest BCUT2D eigenvalue weighted by Crippen LogP contribution is 2.32. The van der Waals surface area contributed by atoms with Crippen LogP contribution in [0.3, 0.4) is 0 Å². The number of hydrogen-bond donors (Lipinski definition) is 2. The Kier molecular flexibility index (Phi) is 3.88. The average Bonchev–Trinajstić information content (AvgIpc) is 3.10. The van der Waals surface area contributed by atoms with E-state index in [1.807, 2.05) is 43.3 Å². The lowest BCUT2D eigenvalue weighted by atomic mass is 10.0. The van der Waals surface area contributed by atoms with Crippen LogP contribution in [0.2, 0.25) is 5.02 Å². The van der Waals surface area contributed by atoms with Gasteiger partial charge in [0.1, 0.15) is 34.6 Å². The number of hydrogen-bond acceptors (Lipinski definition) is 7. The fourth-order valence-electron chi connectivity index (χ4n) is 3.00. The number of nitrogens with two attached hydrogens (primary N) is 1. The van der Waals surface area contributed by atoms with Gasteiger partial charge in [0, 0.05) is 21.4 Å². The molecule has 0 spiro atoms. The summed E-state index contributed by atoms with van der Waals surface area (Å²) in [4.78, 5) is 12.6. The molecule has 3 N–H and O–H groups in total. The zero-order valence-electron chi connectivity index (χ0n) is 18.3. The lowest BCUT2D eigenvalue weighted by molar-refractivity contribution is 0.825. The van der Waals surface area contributed by atoms with Crippen molar-refractivity contribution in [2.24, 2.45) is 0 Å². The summed E-state index contributed by atoms with van der Waals surface area (Å²) in [7, 11) is 0. The lowest BCUT2D eigenvalue weighted by Crippen LogP contribution is -2.14. The van der Waals surface area contributed by atoms with Gasteiger partial charge in [-0.15, -0.1) is 0 Å². The minimum absolute atomic E-state index is 0.0234. The average molecular weight is 408 g/mol. The summed E-state index contributed by atoms with van der Waals surface area (Å²) in [6.45, 7) is -0.633. The SMILES string of the molecule is [2H]C([2H])([2H])c1nn2cc([C@H](C)Nc3ncnc(N)c3C#N)c(-c3ccccc3)nc2c1Cl. The highest BCUT2D eigenvalue weighted by Gasteiger charge is 2.20. The molecule has 9 heteroatoms. The number of fused-ring (bicyclic) bond motifs is 1. The zero-order valence-corrected chi connectivity index (χ0v) is 16.0. The molecule has 0 radical (unpaired) electrons. The maximum Gasteiger partial charge on any atom is 0.174 e. The highest BCUT2D eigenvalue weighted by atomic mass is 35.5. The predicted octanol–water partition coefficient (Wildman–Crippen LogP) is 3.78. The quantitative estimate of drug-likeness (QED) is 0.528. The molecule has 3 heterocycles. The van der Waals surface area contributed by atoms with E-state index in [1.165, 1.54) is 10.8 Å². The smallest absolute Gasteiger partial charge is 0.174 e. The molecule has 4 rings (SSSR count). The third kappa shape index (κ3) is 3.32. The Morgan fingerprint density at radius 1 is 1.31 bits per heavy atom. The molecule has 0 aliphatic rings. The van der Waals surface area contributed by atoms with Crippen molar-refractivity contribution in [3.63, 3.8) is 0 Å². The number of benzene rings is 1. The molecule has 0 saturated carbocycles. The van der Waals surface area contributed by atoms with E-state index in [2.05, 4.69) is 25.4 Å². The molecule has 3 aromatic heterocycles. The molecule has 0 bridgehead atoms. The van der Waals surface area contributed by atoms with Crippen molar-refractivity contribution in [2.45, 2.75) is 19.8 Å². The second kappa shape index (κ2) is 7.37. The fourth-order valence-corrected chi connectivity index (χ4v) is 3.17. The number of anilines is 2. The highest BCUT2D eigenvalue weighted by molar-refractivity contribution is 6.34. The van der Waals surface area contributed by atoms with Crippen molar-refractivity contribution in [3.8, 4) is 17.3 Å². The van der Waals surface area contributed by atoms with Gasteiger partial charge in [-0.3, -0.25) is 0 Å². The van der Waals surface area contributed by atoms with Crippen LogP contribution in [0, 0.1) is 18.2 Å². The molecule has 0 amide bonds. The predicted molar refractivity (Wildman–Crippen MR) is 111 cm³/mol. The molecule has 8 nitrogen and oxygen atoms in total. The summed E-state index contributed by atoms with van der Waals surface area (Å²) in [5.41, 5.74) is 7.99. The van der Waals surface area contributed by atoms with Gasteiger partial charge in [-0.25, -0.2) is 19.5 Å². The minimum atomic E-state index is -2.48. The van der Waals surface area contributed by atoms with Crippen molar-refractivity contribution >= 4 is 28.9 Å². The van der Waals surface area contributed by atoms with Gasteiger partial charge in [-0.1, -0.05) is 41.9 Å². The van der Waals surface area contributed by atoms with E-state index in [0.717, 1.165) is 5.56 Å². The van der Waals surface area contributed by atoms with Gasteiger partial charge in [0.25, 0.3) is 0 Å². The Balaban J connectivity index is 1.89. The maximum atomic E-state index is 9.42. The molecule has 1 aromatic carbocycles. The Bertz CT molecular complexity index is 1350. The van der Waals surface area contributed by atoms with Crippen LogP contribution >= 0.6 is 11.6 Å². The lowest BCUT2D eigenvalue weighted by Gasteiger charge is -2.19. The Morgan fingerprint density at radius 3 is 2.83 bits per heavy atom. The van der Waals surface area contributed by atoms with Crippen molar-refractivity contribution < 1.29 is 4.11 Å². The third-order valence-corrected chi connectivity index (χ3v) is 4.78. The Morgan fingerprint density at radius 2 is 2.10 bits per heavy atom. The number of halogens is 1. The third-order valence-electron chi connectivity index (χ3n) is 4.44. The monoisotopic (exact) mass is 407 g/mol. The maximum absolute atomic E-state index is 9.42. The van der Waals surface area contributed by atoms with Gasteiger partial charge in [-0.05, 0) is 13.8 Å². The Hall–Kier alpha value is -3.70. The molecular formula is C20H17ClN8. The van der Waals surface area contributed by atoms with Crippen LogP contribution in [0.4, 0.5) is 11.6 Å². The van der Waals surface area contributed by atoms with Gasteiger partial charge in [0.05, 0.1) is 17.4 Å². The van der Waals surface area contributed by atoms with Crippen LogP contribution in [0.1, 0.15) is 33.9 Å². The molecular weight excluding hydrogens is 388 g/mol. The Labute approximate surface area is 176 Å². The van der Waals surface area contributed by atoms with Gasteiger partial charge < -0.3 is 11.1 Å². The number of aryl methyl sites for hydroxylation is 1. The van der Waals surface area contributed by atoms with Gasteiger partial charge in [-0.2, -0.15) is 10.4 Å². The van der Waals surface area contributed by atoms with Gasteiger partial charge >= 0.3 is 0 Å². The number of nitriles is 1. The molecule has 0 fully saturated rings. The fraction of sp³-hybridized carbons (Fsp3) is 0.150. The first-order chi connectivity index (χ1) is 15.2. The topological polar surface area (TPSA) is 118 Å². The van der Waals surface area contributed by atoms with E-state index < -0.39 is 12.9 Å². The van der Waals surface area contributed by atoms with Crippen molar-refractivity contribution in [3.05, 3.63) is 64.7 Å². The summed E-state index contributed by atoms with van der Waals surface area (Å²) in [6.07, 6.45) is 2.93. The summed E-state index contributed by atoms with van der Waals surface area (Å²) in [6, 6.07) is 11.0. The largest absolute Gasteiger partial charge is 0.382 e. The first kappa shape index (κ1) is 15.2. The summed E-state index contributed by atoms with van der Waals surface area (Å²) < 4.78 is 24.4. The second-order valence-electron chi connectivity index (χ2n) is 6.30. The van der Waals surface area contributed by atoms with Crippen LogP contribution in [0.25, 0.3) is 16.9 Å². The molecule has 0 saturated heterocycles. The van der Waals surface area contributed by atoms with E-state index >= 15 is 0 Å². The summed E-state index contributed by atoms with van der Waals surface area (Å²) >= 11 is 6.33. The van der Waals surface area contributed by atoms with E-state index in [9.17, 15) is 5.26 Å². The van der Waals surface area contributed by atoms with Crippen molar-refractivity contribution in [1.82, 2.24) is 24.6 Å². The van der Waals surface area contributed by atoms with E-state index in [1.54, 1.807) is 6.20 Å². The molecule has 29 heavy (non-hydrogen) atoms. The molecule has 1 atom stereocenters. The van der Waals surface area contributed by atoms with E-state index in [4.69, 9.17) is 21.4 Å². The molecule has 4 aromatic rings. The molecule has 144 valence electrons. The summed E-state index contributed by atoms with van der Waals surface area (Å²) in [5, 5.41) is 16.7. The number of nitrogens with one attached hydrogen (secondary N) is 1. The van der Waals surface area contributed by atoms with E-state index in [-0.39, 0.29) is 33.6 Å². The van der Waals surface area contributed by atoms with Crippen molar-refractivity contribution in [1.29, 1.82) is 5.26 Å². The summed E-state index contributed by atoms with van der Waals surface area (Å²) in [5.74, 6) is 0.337. The number of rotatable bonds is 4. The van der Waals surface area contributed by atoms with Gasteiger partial charge in [0.2, 0.25) is 0 Å². The number of nitrogens with zero attached hydrogens (tertiary/aromatic N) is 6. The van der Waals surface area contributed by atoms with Crippen LogP contribution < -0.4 is 11.1 Å². The van der Waals surface area contributed by atoms with E-state index in [0.29, 0.717) is 11.3 Å². The van der Waals surface area contributed by atoms with Gasteiger partial charge in [0.15, 0.2) is 5.65 Å². The number of aromatic nitrogens is 5. The first-order valence-electron chi connectivity index (χ1n) is 10.1. The second-order valence-corrected chi connectivity index (χ2v) is 6.68. The van der Waals surface area contributed by atoms with Crippen LogP contribution in [0.5, 0.6) is 0 Å². The molecule has 0 aliphatic heterocycles. The zero-order chi connectivity index (χ0) is 23.0. The van der Waals surface area contributed by atoms with Crippen LogP contribution in [-0.2, 0) is 0 Å².